The Bertz CT molecular complexity index is 531. The van der Waals surface area contributed by atoms with Crippen molar-refractivity contribution in [2.75, 3.05) is 6.54 Å². The first-order chi connectivity index (χ1) is 9.04. The van der Waals surface area contributed by atoms with Crippen LogP contribution in [0.15, 0.2) is 30.3 Å². The third-order valence-corrected chi connectivity index (χ3v) is 4.29. The summed E-state index contributed by atoms with van der Waals surface area (Å²) in [6.07, 6.45) is 0. The van der Waals surface area contributed by atoms with Crippen LogP contribution in [-0.4, -0.2) is 34.8 Å². The Morgan fingerprint density at radius 3 is 2.58 bits per heavy atom. The normalized spacial score (nSPS) is 33.5. The van der Waals surface area contributed by atoms with Crippen LogP contribution in [0.5, 0.6) is 0 Å². The zero-order chi connectivity index (χ0) is 13.6. The molecule has 3 N–H and O–H groups in total. The van der Waals surface area contributed by atoms with E-state index in [2.05, 4.69) is 5.32 Å². The van der Waals surface area contributed by atoms with Crippen LogP contribution < -0.4 is 11.1 Å². The van der Waals surface area contributed by atoms with Crippen LogP contribution in [0.2, 0.25) is 0 Å². The highest BCUT2D eigenvalue weighted by molar-refractivity contribution is 6.01. The number of hydrogen-bond donors (Lipinski definition) is 2. The van der Waals surface area contributed by atoms with Gasteiger partial charge in [-0.15, -0.1) is 0 Å². The highest BCUT2D eigenvalue weighted by Gasteiger charge is 2.62. The van der Waals surface area contributed by atoms with Gasteiger partial charge in [0, 0.05) is 12.5 Å². The summed E-state index contributed by atoms with van der Waals surface area (Å²) in [4.78, 5) is 25.7. The van der Waals surface area contributed by atoms with E-state index in [1.165, 1.54) is 0 Å². The number of likely N-dealkylation sites (tertiary alicyclic amines) is 1. The second-order valence-electron chi connectivity index (χ2n) is 5.42. The van der Waals surface area contributed by atoms with E-state index in [1.54, 1.807) is 4.90 Å². The van der Waals surface area contributed by atoms with Crippen molar-refractivity contribution < 1.29 is 9.59 Å². The fourth-order valence-corrected chi connectivity index (χ4v) is 2.95. The largest absolute Gasteiger partial charge is 0.339 e. The number of β-lactam (4-membered cyclic amide) rings is 1. The summed E-state index contributed by atoms with van der Waals surface area (Å²) in [6, 6.07) is 9.24. The molecule has 3 unspecified atom stereocenters. The van der Waals surface area contributed by atoms with E-state index < -0.39 is 11.6 Å². The molecule has 3 atom stereocenters. The lowest BCUT2D eigenvalue weighted by Gasteiger charge is -2.49. The number of rotatable bonds is 2. The molecule has 2 aliphatic rings. The van der Waals surface area contributed by atoms with E-state index in [1.807, 2.05) is 37.3 Å². The van der Waals surface area contributed by atoms with E-state index in [-0.39, 0.29) is 17.7 Å². The summed E-state index contributed by atoms with van der Waals surface area (Å²) in [5.74, 6) is -0.398. The molecule has 5 nitrogen and oxygen atoms in total. The lowest BCUT2D eigenvalue weighted by Crippen LogP contribution is -2.73. The molecular formula is C14H17N3O2. The van der Waals surface area contributed by atoms with Crippen molar-refractivity contribution >= 4 is 11.8 Å². The molecule has 2 fully saturated rings. The number of nitrogens with two attached hydrogens (primary N) is 1. The van der Waals surface area contributed by atoms with E-state index in [0.717, 1.165) is 5.56 Å². The average molecular weight is 259 g/mol. The van der Waals surface area contributed by atoms with Crippen molar-refractivity contribution in [1.29, 1.82) is 0 Å². The number of carbonyl (C=O) groups is 2. The van der Waals surface area contributed by atoms with Crippen molar-refractivity contribution in [2.45, 2.75) is 25.0 Å². The average Bonchev–Trinajstić information content (AvgIpc) is 2.66. The van der Waals surface area contributed by atoms with Gasteiger partial charge in [0.2, 0.25) is 5.91 Å². The molecule has 2 saturated heterocycles. The molecule has 0 aliphatic carbocycles. The molecule has 2 heterocycles. The lowest BCUT2D eigenvalue weighted by molar-refractivity contribution is -0.156. The van der Waals surface area contributed by atoms with Crippen molar-refractivity contribution in [2.24, 2.45) is 11.7 Å². The monoisotopic (exact) mass is 259 g/mol. The Morgan fingerprint density at radius 1 is 1.37 bits per heavy atom. The minimum absolute atomic E-state index is 0.0230. The Hall–Kier alpha value is -1.88. The number of nitrogens with one attached hydrogen (secondary N) is 1. The van der Waals surface area contributed by atoms with Crippen molar-refractivity contribution in [3.8, 4) is 0 Å². The van der Waals surface area contributed by atoms with Crippen LogP contribution in [0.4, 0.5) is 0 Å². The van der Waals surface area contributed by atoms with Gasteiger partial charge in [0.05, 0.1) is 12.6 Å². The maximum atomic E-state index is 12.3. The van der Waals surface area contributed by atoms with Gasteiger partial charge in [0.1, 0.15) is 5.54 Å². The molecule has 3 rings (SSSR count). The van der Waals surface area contributed by atoms with E-state index in [4.69, 9.17) is 5.73 Å². The van der Waals surface area contributed by atoms with Crippen molar-refractivity contribution in [3.63, 3.8) is 0 Å². The second kappa shape index (κ2) is 4.06. The van der Waals surface area contributed by atoms with Crippen molar-refractivity contribution in [3.05, 3.63) is 35.9 Å². The number of benzene rings is 1. The highest BCUT2D eigenvalue weighted by atomic mass is 16.2. The molecule has 0 bridgehead atoms. The van der Waals surface area contributed by atoms with Gasteiger partial charge in [-0.2, -0.15) is 0 Å². The minimum Gasteiger partial charge on any atom is -0.339 e. The molecule has 1 aromatic rings. The van der Waals surface area contributed by atoms with Gasteiger partial charge in [0.25, 0.3) is 5.91 Å². The quantitative estimate of drug-likeness (QED) is 0.726. The Labute approximate surface area is 111 Å². The van der Waals surface area contributed by atoms with E-state index in [9.17, 15) is 9.59 Å². The van der Waals surface area contributed by atoms with Gasteiger partial charge in [0.15, 0.2) is 0 Å². The first kappa shape index (κ1) is 12.2. The molecule has 19 heavy (non-hydrogen) atoms. The number of amides is 2. The predicted molar refractivity (Wildman–Crippen MR) is 69.9 cm³/mol. The molecule has 100 valence electrons. The highest BCUT2D eigenvalue weighted by Crippen LogP contribution is 2.37. The van der Waals surface area contributed by atoms with E-state index in [0.29, 0.717) is 13.1 Å². The van der Waals surface area contributed by atoms with Crippen molar-refractivity contribution in [1.82, 2.24) is 10.2 Å². The summed E-state index contributed by atoms with van der Waals surface area (Å²) >= 11 is 0. The number of hydrogen-bond acceptors (Lipinski definition) is 3. The standard InChI is InChI=1S/C14H17N3O2/c1-9-11(15)12(18)16-14(9)8-17(13(14)19)7-10-5-3-2-4-6-10/h2-6,9,11H,7-8,15H2,1H3,(H,16,18). The second-order valence-corrected chi connectivity index (χ2v) is 5.42. The van der Waals surface area contributed by atoms with Crippen LogP contribution in [0.1, 0.15) is 12.5 Å². The smallest absolute Gasteiger partial charge is 0.250 e. The van der Waals surface area contributed by atoms with Gasteiger partial charge < -0.3 is 16.0 Å². The van der Waals surface area contributed by atoms with Gasteiger partial charge >= 0.3 is 0 Å². The van der Waals surface area contributed by atoms with E-state index >= 15 is 0 Å². The summed E-state index contributed by atoms with van der Waals surface area (Å²) in [7, 11) is 0. The summed E-state index contributed by atoms with van der Waals surface area (Å²) < 4.78 is 0. The summed E-state index contributed by atoms with van der Waals surface area (Å²) in [6.45, 7) is 2.99. The van der Waals surface area contributed by atoms with Crippen LogP contribution in [0.3, 0.4) is 0 Å². The van der Waals surface area contributed by atoms with Gasteiger partial charge in [-0.3, -0.25) is 9.59 Å². The molecule has 0 radical (unpaired) electrons. The zero-order valence-corrected chi connectivity index (χ0v) is 10.8. The van der Waals surface area contributed by atoms with Crippen LogP contribution >= 0.6 is 0 Å². The Morgan fingerprint density at radius 2 is 2.05 bits per heavy atom. The van der Waals surface area contributed by atoms with Crippen LogP contribution in [0, 0.1) is 5.92 Å². The predicted octanol–water partition coefficient (Wildman–Crippen LogP) is -0.139. The Balaban J connectivity index is 1.72. The Kier molecular flexibility index (Phi) is 2.60. The van der Waals surface area contributed by atoms with Crippen LogP contribution in [-0.2, 0) is 16.1 Å². The summed E-state index contributed by atoms with van der Waals surface area (Å²) in [5, 5.41) is 2.78. The minimum atomic E-state index is -0.759. The number of nitrogens with zero attached hydrogens (tertiary/aromatic N) is 1. The number of carbonyl (C=O) groups excluding carboxylic acids is 2. The molecular weight excluding hydrogens is 242 g/mol. The molecule has 2 amide bonds. The SMILES string of the molecule is CC1C(N)C(=O)NC12CN(Cc1ccccc1)C2=O. The first-order valence-corrected chi connectivity index (χ1v) is 6.45. The molecule has 0 saturated carbocycles. The van der Waals surface area contributed by atoms with Gasteiger partial charge in [-0.1, -0.05) is 37.3 Å². The van der Waals surface area contributed by atoms with Crippen LogP contribution in [0.25, 0.3) is 0 Å². The third kappa shape index (κ3) is 1.65. The molecule has 2 aliphatic heterocycles. The molecule has 1 aromatic carbocycles. The van der Waals surface area contributed by atoms with Gasteiger partial charge in [-0.25, -0.2) is 0 Å². The maximum absolute atomic E-state index is 12.3. The zero-order valence-electron chi connectivity index (χ0n) is 10.8. The topological polar surface area (TPSA) is 75.4 Å². The lowest BCUT2D eigenvalue weighted by atomic mass is 9.77. The molecule has 5 heteroatoms. The fraction of sp³-hybridized carbons (Fsp3) is 0.429. The summed E-state index contributed by atoms with van der Waals surface area (Å²) in [5.41, 5.74) is 6.12. The molecule has 1 spiro atoms. The molecule has 0 aromatic heterocycles. The van der Waals surface area contributed by atoms with Gasteiger partial charge in [-0.05, 0) is 5.56 Å². The fourth-order valence-electron chi connectivity index (χ4n) is 2.95. The third-order valence-electron chi connectivity index (χ3n) is 4.29. The first-order valence-electron chi connectivity index (χ1n) is 6.45. The maximum Gasteiger partial charge on any atom is 0.250 e.